The molecule has 0 heterocycles. The fraction of sp³-hybridized carbons (Fsp3) is 0.940. The average Bonchev–Trinajstić information content (AvgIpc) is 3.54. The minimum Gasteiger partial charge on any atom is -0.462 e. The Hall–Kier alpha value is -1.94. The van der Waals surface area contributed by atoms with E-state index in [4.69, 9.17) is 37.0 Å². The van der Waals surface area contributed by atoms with Crippen molar-refractivity contribution in [2.24, 2.45) is 23.7 Å². The van der Waals surface area contributed by atoms with Gasteiger partial charge in [-0.05, 0) is 49.4 Å². The van der Waals surface area contributed by atoms with Gasteiger partial charge in [-0.25, -0.2) is 9.13 Å². The number of aliphatic hydroxyl groups excluding tert-OH is 1. The number of carbonyl (C=O) groups is 4. The van der Waals surface area contributed by atoms with Gasteiger partial charge in [0.05, 0.1) is 26.4 Å². The Morgan fingerprint density at radius 1 is 0.291 bits per heavy atom. The molecule has 0 saturated heterocycles. The van der Waals surface area contributed by atoms with Crippen LogP contribution in [-0.2, 0) is 65.4 Å². The largest absolute Gasteiger partial charge is 0.472 e. The number of aliphatic hydroxyl groups is 1. The number of phosphoric ester groups is 2. The average molecular weight is 1270 g/mol. The van der Waals surface area contributed by atoms with Crippen molar-refractivity contribution in [3.63, 3.8) is 0 Å². The van der Waals surface area contributed by atoms with Gasteiger partial charge in [-0.1, -0.05) is 274 Å². The second kappa shape index (κ2) is 57.0. The number of esters is 4. The summed E-state index contributed by atoms with van der Waals surface area (Å²) in [6.45, 7) is 13.9. The molecule has 0 aliphatic carbocycles. The number of phosphoric acid groups is 2. The SMILES string of the molecule is CC(C)CCCCCCCCCCCCCCCC(=O)OC[C@H](COP(=O)(O)OC[C@@H](O)COP(=O)(O)OC[C@@H](COC(=O)CCCCCCCCC(C)C)OC(=O)CCCCCCCCCCCC(C)C)OC(=O)CCCCCCCCC(C)C. The van der Waals surface area contributed by atoms with Gasteiger partial charge < -0.3 is 33.8 Å². The predicted molar refractivity (Wildman–Crippen MR) is 344 cm³/mol. The lowest BCUT2D eigenvalue weighted by molar-refractivity contribution is -0.161. The molecule has 510 valence electrons. The summed E-state index contributed by atoms with van der Waals surface area (Å²) < 4.78 is 68.1. The molecule has 19 heteroatoms. The molecular weight excluding hydrogens is 1140 g/mol. The fourth-order valence-electron chi connectivity index (χ4n) is 9.96. The van der Waals surface area contributed by atoms with Gasteiger partial charge in [0.1, 0.15) is 19.3 Å². The van der Waals surface area contributed by atoms with Crippen molar-refractivity contribution in [1.82, 2.24) is 0 Å². The summed E-state index contributed by atoms with van der Waals surface area (Å²) in [6, 6.07) is 0. The van der Waals surface area contributed by atoms with Gasteiger partial charge in [-0.15, -0.1) is 0 Å². The lowest BCUT2D eigenvalue weighted by Crippen LogP contribution is -2.30. The lowest BCUT2D eigenvalue weighted by atomic mass is 10.0. The molecule has 0 amide bonds. The highest BCUT2D eigenvalue weighted by Crippen LogP contribution is 2.45. The summed E-state index contributed by atoms with van der Waals surface area (Å²) in [5, 5.41) is 10.5. The number of hydrogen-bond acceptors (Lipinski definition) is 15. The van der Waals surface area contributed by atoms with Crippen LogP contribution in [0.2, 0.25) is 0 Å². The first-order valence-corrected chi connectivity index (χ1v) is 37.7. The normalized spacial score (nSPS) is 14.4. The molecule has 0 aliphatic rings. The van der Waals surface area contributed by atoms with E-state index < -0.39 is 97.5 Å². The first-order chi connectivity index (χ1) is 41.1. The van der Waals surface area contributed by atoms with Crippen molar-refractivity contribution in [1.29, 1.82) is 0 Å². The molecule has 2 unspecified atom stereocenters. The van der Waals surface area contributed by atoms with Crippen molar-refractivity contribution < 1.29 is 80.2 Å². The van der Waals surface area contributed by atoms with Gasteiger partial charge in [0.2, 0.25) is 0 Å². The fourth-order valence-corrected chi connectivity index (χ4v) is 11.5. The summed E-state index contributed by atoms with van der Waals surface area (Å²) in [7, 11) is -9.89. The van der Waals surface area contributed by atoms with Gasteiger partial charge >= 0.3 is 39.5 Å². The van der Waals surface area contributed by atoms with E-state index in [1.807, 2.05) is 0 Å². The number of ether oxygens (including phenoxy) is 4. The van der Waals surface area contributed by atoms with Crippen LogP contribution in [0.25, 0.3) is 0 Å². The van der Waals surface area contributed by atoms with Gasteiger partial charge in [0, 0.05) is 25.7 Å². The Bertz CT molecular complexity index is 1710. The van der Waals surface area contributed by atoms with E-state index in [9.17, 15) is 43.2 Å². The van der Waals surface area contributed by atoms with Crippen LogP contribution in [0.3, 0.4) is 0 Å². The maximum absolute atomic E-state index is 13.0. The molecule has 0 saturated carbocycles. The summed E-state index contributed by atoms with van der Waals surface area (Å²) in [5.74, 6) is 0.736. The smallest absolute Gasteiger partial charge is 0.462 e. The van der Waals surface area contributed by atoms with Crippen LogP contribution < -0.4 is 0 Å². The Labute approximate surface area is 524 Å². The summed E-state index contributed by atoms with van der Waals surface area (Å²) >= 11 is 0. The molecule has 0 aromatic carbocycles. The van der Waals surface area contributed by atoms with Crippen molar-refractivity contribution in [2.45, 2.75) is 343 Å². The molecule has 0 fully saturated rings. The highest BCUT2D eigenvalue weighted by atomic mass is 31.2. The lowest BCUT2D eigenvalue weighted by Gasteiger charge is -2.21. The van der Waals surface area contributed by atoms with Gasteiger partial charge in [-0.3, -0.25) is 37.3 Å². The van der Waals surface area contributed by atoms with Crippen LogP contribution in [-0.4, -0.2) is 96.7 Å². The highest BCUT2D eigenvalue weighted by Gasteiger charge is 2.30. The van der Waals surface area contributed by atoms with E-state index in [2.05, 4.69) is 55.4 Å². The molecule has 0 radical (unpaired) electrons. The molecule has 0 aromatic heterocycles. The maximum atomic E-state index is 13.0. The number of carbonyl (C=O) groups excluding carboxylic acids is 4. The Balaban J connectivity index is 5.19. The Morgan fingerprint density at radius 2 is 0.488 bits per heavy atom. The zero-order valence-electron chi connectivity index (χ0n) is 55.9. The van der Waals surface area contributed by atoms with Crippen molar-refractivity contribution in [2.75, 3.05) is 39.6 Å². The highest BCUT2D eigenvalue weighted by molar-refractivity contribution is 7.47. The first-order valence-electron chi connectivity index (χ1n) is 34.7. The molecule has 0 rings (SSSR count). The number of rotatable bonds is 64. The zero-order valence-corrected chi connectivity index (χ0v) is 57.7. The second-order valence-electron chi connectivity index (χ2n) is 26.1. The van der Waals surface area contributed by atoms with Crippen LogP contribution >= 0.6 is 15.6 Å². The number of unbranched alkanes of at least 4 members (excludes halogenated alkanes) is 30. The minimum absolute atomic E-state index is 0.102. The summed E-state index contributed by atoms with van der Waals surface area (Å²) in [4.78, 5) is 72.3. The van der Waals surface area contributed by atoms with Crippen molar-refractivity contribution in [3.05, 3.63) is 0 Å². The van der Waals surface area contributed by atoms with E-state index in [0.29, 0.717) is 37.5 Å². The molecular formula is C67H130O17P2. The summed E-state index contributed by atoms with van der Waals surface area (Å²) in [5.41, 5.74) is 0. The Morgan fingerprint density at radius 3 is 0.721 bits per heavy atom. The Kier molecular flexibility index (Phi) is 55.7. The second-order valence-corrected chi connectivity index (χ2v) is 29.0. The van der Waals surface area contributed by atoms with Crippen LogP contribution in [0.1, 0.15) is 325 Å². The topological polar surface area (TPSA) is 237 Å². The van der Waals surface area contributed by atoms with Crippen molar-refractivity contribution in [3.8, 4) is 0 Å². The zero-order chi connectivity index (χ0) is 63.9. The summed E-state index contributed by atoms with van der Waals surface area (Å²) in [6.07, 6.45) is 37.9. The quantitative estimate of drug-likeness (QED) is 0.0222. The van der Waals surface area contributed by atoms with E-state index in [0.717, 1.165) is 108 Å². The predicted octanol–water partition coefficient (Wildman–Crippen LogP) is 18.5. The van der Waals surface area contributed by atoms with Crippen LogP contribution in [0.15, 0.2) is 0 Å². The third-order valence-electron chi connectivity index (χ3n) is 15.3. The molecule has 0 bridgehead atoms. The minimum atomic E-state index is -4.95. The molecule has 86 heavy (non-hydrogen) atoms. The maximum Gasteiger partial charge on any atom is 0.472 e. The molecule has 0 aliphatic heterocycles. The van der Waals surface area contributed by atoms with E-state index >= 15 is 0 Å². The molecule has 3 N–H and O–H groups in total. The first kappa shape index (κ1) is 84.1. The van der Waals surface area contributed by atoms with Crippen molar-refractivity contribution >= 4 is 39.5 Å². The molecule has 5 atom stereocenters. The molecule has 0 aromatic rings. The molecule has 0 spiro atoms. The van der Waals surface area contributed by atoms with E-state index in [1.54, 1.807) is 0 Å². The van der Waals surface area contributed by atoms with Gasteiger partial charge in [0.15, 0.2) is 12.2 Å². The monoisotopic (exact) mass is 1270 g/mol. The standard InChI is InChI=1S/C67H130O17P2/c1-57(2)43-35-27-19-15-12-10-9-11-13-17-21-31-39-47-64(69)77-53-63(84-67(72)50-42-34-26-24-30-38-46-60(7)8)56-82-86(75,76)80-52-61(68)51-79-85(73,74)81-55-62(54-78-65(70)48-40-32-25-23-29-37-45-59(5)6)83-66(71)49-41-33-22-18-14-16-20-28-36-44-58(3)4/h57-63,68H,9-56H2,1-8H3,(H,73,74)(H,75,76)/t61-,62+,63+/m0/s1. The number of hydrogen-bond donors (Lipinski definition) is 3. The van der Waals surface area contributed by atoms with Crippen LogP contribution in [0.4, 0.5) is 0 Å². The van der Waals surface area contributed by atoms with Gasteiger partial charge in [-0.2, -0.15) is 0 Å². The van der Waals surface area contributed by atoms with Gasteiger partial charge in [0.25, 0.3) is 0 Å². The van der Waals surface area contributed by atoms with E-state index in [-0.39, 0.29) is 25.7 Å². The third kappa shape index (κ3) is 60.9. The molecule has 17 nitrogen and oxygen atoms in total. The van der Waals surface area contributed by atoms with Crippen LogP contribution in [0.5, 0.6) is 0 Å². The third-order valence-corrected chi connectivity index (χ3v) is 17.2. The van der Waals surface area contributed by atoms with E-state index in [1.165, 1.54) is 122 Å². The van der Waals surface area contributed by atoms with Crippen LogP contribution in [0, 0.1) is 23.7 Å².